The van der Waals surface area contributed by atoms with E-state index < -0.39 is 4.92 Å². The Labute approximate surface area is 122 Å². The van der Waals surface area contributed by atoms with Crippen LogP contribution in [-0.4, -0.2) is 10.8 Å². The van der Waals surface area contributed by atoms with Gasteiger partial charge in [0.2, 0.25) is 0 Å². The fourth-order valence-corrected chi connectivity index (χ4v) is 1.92. The highest BCUT2D eigenvalue weighted by atomic mass is 79.9. The van der Waals surface area contributed by atoms with Gasteiger partial charge in [0.15, 0.2) is 0 Å². The van der Waals surface area contributed by atoms with Crippen molar-refractivity contribution in [2.75, 3.05) is 11.1 Å². The van der Waals surface area contributed by atoms with Crippen LogP contribution in [0.3, 0.4) is 0 Å². The zero-order valence-corrected chi connectivity index (χ0v) is 11.8. The number of amides is 1. The molecule has 0 spiro atoms. The molecule has 7 heteroatoms. The molecule has 0 saturated carbocycles. The van der Waals surface area contributed by atoms with Crippen LogP contribution in [0.2, 0.25) is 0 Å². The maximum absolute atomic E-state index is 12.0. The molecule has 0 heterocycles. The third-order valence-electron chi connectivity index (χ3n) is 2.60. The van der Waals surface area contributed by atoms with Crippen molar-refractivity contribution in [3.63, 3.8) is 0 Å². The van der Waals surface area contributed by atoms with Crippen molar-refractivity contribution < 1.29 is 9.72 Å². The Bertz CT molecular complexity index is 671. The fraction of sp³-hybridized carbons (Fsp3) is 0. The first-order chi connectivity index (χ1) is 9.47. The Morgan fingerprint density at radius 2 is 1.85 bits per heavy atom. The Morgan fingerprint density at radius 1 is 1.20 bits per heavy atom. The Morgan fingerprint density at radius 3 is 2.40 bits per heavy atom. The van der Waals surface area contributed by atoms with E-state index in [0.29, 0.717) is 21.4 Å². The third kappa shape index (κ3) is 3.12. The predicted molar refractivity (Wildman–Crippen MR) is 79.6 cm³/mol. The summed E-state index contributed by atoms with van der Waals surface area (Å²) in [4.78, 5) is 22.0. The summed E-state index contributed by atoms with van der Waals surface area (Å²) in [5.41, 5.74) is 7.07. The molecule has 2 aromatic carbocycles. The fourth-order valence-electron chi connectivity index (χ4n) is 1.54. The van der Waals surface area contributed by atoms with Crippen molar-refractivity contribution in [3.8, 4) is 0 Å². The van der Waals surface area contributed by atoms with Gasteiger partial charge < -0.3 is 11.1 Å². The number of nitrogens with two attached hydrogens (primary N) is 1. The van der Waals surface area contributed by atoms with Crippen molar-refractivity contribution >= 4 is 38.9 Å². The first-order valence-corrected chi connectivity index (χ1v) is 6.37. The summed E-state index contributed by atoms with van der Waals surface area (Å²) in [5, 5.41) is 13.2. The second kappa shape index (κ2) is 5.70. The van der Waals surface area contributed by atoms with Crippen molar-refractivity contribution in [1.82, 2.24) is 0 Å². The molecule has 0 fully saturated rings. The highest BCUT2D eigenvalue weighted by molar-refractivity contribution is 9.10. The minimum atomic E-state index is -0.497. The van der Waals surface area contributed by atoms with E-state index in [2.05, 4.69) is 21.2 Å². The summed E-state index contributed by atoms with van der Waals surface area (Å²) < 4.78 is 0.633. The Hall–Kier alpha value is -2.41. The summed E-state index contributed by atoms with van der Waals surface area (Å²) in [6.45, 7) is 0. The molecule has 1 amide bonds. The number of hydrogen-bond acceptors (Lipinski definition) is 4. The van der Waals surface area contributed by atoms with E-state index in [4.69, 9.17) is 5.73 Å². The number of nitrogens with zero attached hydrogens (tertiary/aromatic N) is 1. The molecule has 0 atom stereocenters. The molecular formula is C13H10BrN3O3. The van der Waals surface area contributed by atoms with Crippen LogP contribution >= 0.6 is 15.9 Å². The molecule has 2 rings (SSSR count). The lowest BCUT2D eigenvalue weighted by Gasteiger charge is -2.06. The van der Waals surface area contributed by atoms with Crippen LogP contribution in [0.5, 0.6) is 0 Å². The maximum atomic E-state index is 12.0. The van der Waals surface area contributed by atoms with E-state index in [1.807, 2.05) is 0 Å². The summed E-state index contributed by atoms with van der Waals surface area (Å²) in [5.74, 6) is -0.320. The molecule has 0 aliphatic rings. The summed E-state index contributed by atoms with van der Waals surface area (Å²) in [6.07, 6.45) is 0. The van der Waals surface area contributed by atoms with E-state index in [0.717, 1.165) is 0 Å². The highest BCUT2D eigenvalue weighted by Crippen LogP contribution is 2.21. The molecule has 0 bridgehead atoms. The van der Waals surface area contributed by atoms with Crippen LogP contribution in [0, 0.1) is 10.1 Å². The Balaban J connectivity index is 2.14. The molecule has 20 heavy (non-hydrogen) atoms. The number of hydrogen-bond donors (Lipinski definition) is 2. The van der Waals surface area contributed by atoms with Gasteiger partial charge in [-0.3, -0.25) is 14.9 Å². The Kier molecular flexibility index (Phi) is 3.99. The van der Waals surface area contributed by atoms with Crippen LogP contribution in [0.25, 0.3) is 0 Å². The van der Waals surface area contributed by atoms with Crippen molar-refractivity contribution in [1.29, 1.82) is 0 Å². The number of nitrogens with one attached hydrogen (secondary N) is 1. The number of nitro groups is 1. The first kappa shape index (κ1) is 14.0. The van der Waals surface area contributed by atoms with Crippen molar-refractivity contribution in [2.45, 2.75) is 0 Å². The molecule has 6 nitrogen and oxygen atoms in total. The van der Waals surface area contributed by atoms with E-state index >= 15 is 0 Å². The van der Waals surface area contributed by atoms with Crippen LogP contribution in [0.1, 0.15) is 10.4 Å². The number of carbonyl (C=O) groups is 1. The molecule has 102 valence electrons. The molecule has 0 aliphatic carbocycles. The summed E-state index contributed by atoms with van der Waals surface area (Å²) in [6, 6.07) is 10.4. The average molecular weight is 336 g/mol. The maximum Gasteiger partial charge on any atom is 0.269 e. The zero-order valence-electron chi connectivity index (χ0n) is 10.2. The van der Waals surface area contributed by atoms with Gasteiger partial charge in [-0.15, -0.1) is 0 Å². The zero-order chi connectivity index (χ0) is 14.7. The second-order valence-electron chi connectivity index (χ2n) is 3.99. The molecular weight excluding hydrogens is 326 g/mol. The molecule has 0 aromatic heterocycles. The average Bonchev–Trinajstić information content (AvgIpc) is 2.42. The van der Waals surface area contributed by atoms with Crippen LogP contribution in [-0.2, 0) is 0 Å². The normalized spacial score (nSPS) is 10.1. The highest BCUT2D eigenvalue weighted by Gasteiger charge is 2.09. The minimum Gasteiger partial charge on any atom is -0.398 e. The van der Waals surface area contributed by atoms with Crippen molar-refractivity contribution in [3.05, 3.63) is 62.6 Å². The van der Waals surface area contributed by atoms with Crippen LogP contribution in [0.15, 0.2) is 46.9 Å². The van der Waals surface area contributed by atoms with Gasteiger partial charge in [0.1, 0.15) is 0 Å². The van der Waals surface area contributed by atoms with Gasteiger partial charge in [-0.2, -0.15) is 0 Å². The minimum absolute atomic E-state index is 0.0294. The van der Waals surface area contributed by atoms with Gasteiger partial charge in [-0.25, -0.2) is 0 Å². The largest absolute Gasteiger partial charge is 0.398 e. The second-order valence-corrected chi connectivity index (χ2v) is 4.85. The number of non-ortho nitro benzene ring substituents is 1. The lowest BCUT2D eigenvalue weighted by atomic mass is 10.2. The number of nitro benzene ring substituents is 1. The molecule has 0 unspecified atom stereocenters. The van der Waals surface area contributed by atoms with E-state index in [-0.39, 0.29) is 11.6 Å². The first-order valence-electron chi connectivity index (χ1n) is 5.58. The third-order valence-corrected chi connectivity index (χ3v) is 3.29. The number of carbonyl (C=O) groups excluding carboxylic acids is 1. The van der Waals surface area contributed by atoms with E-state index in [1.54, 1.807) is 18.2 Å². The SMILES string of the molecule is Nc1ccc(C(=O)Nc2ccc([N+](=O)[O-])cc2)cc1Br. The number of nitrogen functional groups attached to an aromatic ring is 1. The quantitative estimate of drug-likeness (QED) is 0.511. The lowest BCUT2D eigenvalue weighted by molar-refractivity contribution is -0.384. The number of halogens is 1. The summed E-state index contributed by atoms with van der Waals surface area (Å²) in [7, 11) is 0. The van der Waals surface area contributed by atoms with Gasteiger partial charge in [0, 0.05) is 33.5 Å². The summed E-state index contributed by atoms with van der Waals surface area (Å²) >= 11 is 3.25. The number of benzene rings is 2. The topological polar surface area (TPSA) is 98.3 Å². The van der Waals surface area contributed by atoms with Gasteiger partial charge in [0.25, 0.3) is 11.6 Å². The van der Waals surface area contributed by atoms with Crippen LogP contribution in [0.4, 0.5) is 17.1 Å². The standard InChI is InChI=1S/C13H10BrN3O3/c14-11-7-8(1-6-12(11)15)13(18)16-9-2-4-10(5-3-9)17(19)20/h1-7H,15H2,(H,16,18). The van der Waals surface area contributed by atoms with Crippen LogP contribution < -0.4 is 11.1 Å². The van der Waals surface area contributed by atoms with E-state index in [1.165, 1.54) is 24.3 Å². The lowest BCUT2D eigenvalue weighted by Crippen LogP contribution is -2.12. The van der Waals surface area contributed by atoms with Gasteiger partial charge in [-0.05, 0) is 46.3 Å². The molecule has 0 saturated heterocycles. The molecule has 3 N–H and O–H groups in total. The molecule has 0 radical (unpaired) electrons. The van der Waals surface area contributed by atoms with Gasteiger partial charge >= 0.3 is 0 Å². The van der Waals surface area contributed by atoms with Gasteiger partial charge in [-0.1, -0.05) is 0 Å². The molecule has 0 aliphatic heterocycles. The monoisotopic (exact) mass is 335 g/mol. The van der Waals surface area contributed by atoms with Gasteiger partial charge in [0.05, 0.1) is 4.92 Å². The predicted octanol–water partition coefficient (Wildman–Crippen LogP) is 3.19. The number of anilines is 2. The smallest absolute Gasteiger partial charge is 0.269 e. The molecule has 2 aromatic rings. The van der Waals surface area contributed by atoms with E-state index in [9.17, 15) is 14.9 Å². The number of rotatable bonds is 3. The van der Waals surface area contributed by atoms with Crippen molar-refractivity contribution in [2.24, 2.45) is 0 Å².